The highest BCUT2D eigenvalue weighted by Gasteiger charge is 2.15. The van der Waals surface area contributed by atoms with Gasteiger partial charge in [0.15, 0.2) is 11.5 Å². The van der Waals surface area contributed by atoms with Crippen molar-refractivity contribution < 1.29 is 9.53 Å². The molecule has 0 aliphatic rings. The van der Waals surface area contributed by atoms with Crippen LogP contribution < -0.4 is 9.64 Å². The third-order valence-electron chi connectivity index (χ3n) is 3.99. The molecule has 3 aromatic carbocycles. The number of ketones is 1. The standard InChI is InChI=1S/C22H21NO2/c1-2-23(17-21(24)18-11-5-3-6-12-18)20-15-9-10-16-22(20)25-19-13-7-4-8-14-19/h3-16H,2,17H2,1H3. The first-order valence-electron chi connectivity index (χ1n) is 8.43. The number of carbonyl (C=O) groups is 1. The van der Waals surface area contributed by atoms with Crippen molar-refractivity contribution >= 4 is 11.5 Å². The highest BCUT2D eigenvalue weighted by Crippen LogP contribution is 2.32. The van der Waals surface area contributed by atoms with Gasteiger partial charge >= 0.3 is 0 Å². The maximum atomic E-state index is 12.6. The average molecular weight is 331 g/mol. The molecule has 0 unspecified atom stereocenters. The minimum atomic E-state index is 0.0944. The molecule has 0 bridgehead atoms. The van der Waals surface area contributed by atoms with Gasteiger partial charge in [-0.1, -0.05) is 60.7 Å². The summed E-state index contributed by atoms with van der Waals surface area (Å²) in [7, 11) is 0. The van der Waals surface area contributed by atoms with Crippen molar-refractivity contribution in [1.82, 2.24) is 0 Å². The SMILES string of the molecule is CCN(CC(=O)c1ccccc1)c1ccccc1Oc1ccccc1. The highest BCUT2D eigenvalue weighted by molar-refractivity contribution is 5.99. The highest BCUT2D eigenvalue weighted by atomic mass is 16.5. The van der Waals surface area contributed by atoms with Crippen LogP contribution in [0.5, 0.6) is 11.5 Å². The minimum absolute atomic E-state index is 0.0944. The molecule has 0 heterocycles. The largest absolute Gasteiger partial charge is 0.455 e. The van der Waals surface area contributed by atoms with E-state index in [0.717, 1.165) is 22.7 Å². The zero-order chi connectivity index (χ0) is 17.5. The molecule has 0 atom stereocenters. The summed E-state index contributed by atoms with van der Waals surface area (Å²) in [5.74, 6) is 1.62. The van der Waals surface area contributed by atoms with Crippen molar-refractivity contribution in [3.05, 3.63) is 90.5 Å². The molecule has 0 fully saturated rings. The summed E-state index contributed by atoms with van der Waals surface area (Å²) in [5.41, 5.74) is 1.64. The van der Waals surface area contributed by atoms with E-state index in [9.17, 15) is 4.79 Å². The molecule has 0 amide bonds. The van der Waals surface area contributed by atoms with Gasteiger partial charge in [0.1, 0.15) is 5.75 Å². The topological polar surface area (TPSA) is 29.5 Å². The first kappa shape index (κ1) is 16.8. The predicted octanol–water partition coefficient (Wildman–Crippen LogP) is 5.19. The van der Waals surface area contributed by atoms with Gasteiger partial charge in [-0.2, -0.15) is 0 Å². The smallest absolute Gasteiger partial charge is 0.182 e. The second kappa shape index (κ2) is 8.15. The summed E-state index contributed by atoms with van der Waals surface area (Å²) in [6.07, 6.45) is 0. The molecule has 0 aromatic heterocycles. The number of carbonyl (C=O) groups excluding carboxylic acids is 1. The summed E-state index contributed by atoms with van der Waals surface area (Å²) in [6, 6.07) is 26.9. The number of ether oxygens (including phenoxy) is 1. The molecule has 3 heteroatoms. The van der Waals surface area contributed by atoms with Gasteiger partial charge in [-0.05, 0) is 31.2 Å². The van der Waals surface area contributed by atoms with E-state index >= 15 is 0 Å². The maximum absolute atomic E-state index is 12.6. The van der Waals surface area contributed by atoms with E-state index < -0.39 is 0 Å². The monoisotopic (exact) mass is 331 g/mol. The number of para-hydroxylation sites is 3. The van der Waals surface area contributed by atoms with Crippen LogP contribution in [0.2, 0.25) is 0 Å². The molecule has 25 heavy (non-hydrogen) atoms. The Labute approximate surface area is 148 Å². The first-order valence-corrected chi connectivity index (χ1v) is 8.43. The third-order valence-corrected chi connectivity index (χ3v) is 3.99. The van der Waals surface area contributed by atoms with Crippen molar-refractivity contribution in [2.24, 2.45) is 0 Å². The normalized spacial score (nSPS) is 10.3. The molecule has 126 valence electrons. The molecule has 3 nitrogen and oxygen atoms in total. The van der Waals surface area contributed by atoms with Gasteiger partial charge in [-0.15, -0.1) is 0 Å². The number of likely N-dealkylation sites (N-methyl/N-ethyl adjacent to an activating group) is 1. The number of hydrogen-bond donors (Lipinski definition) is 0. The number of rotatable bonds is 7. The van der Waals surface area contributed by atoms with E-state index in [1.54, 1.807) is 0 Å². The lowest BCUT2D eigenvalue weighted by atomic mass is 10.1. The third kappa shape index (κ3) is 4.27. The number of anilines is 1. The molecule has 0 aliphatic carbocycles. The van der Waals surface area contributed by atoms with E-state index in [1.165, 1.54) is 0 Å². The predicted molar refractivity (Wildman–Crippen MR) is 102 cm³/mol. The summed E-state index contributed by atoms with van der Waals surface area (Å²) in [6.45, 7) is 3.07. The number of hydrogen-bond acceptors (Lipinski definition) is 3. The Bertz CT molecular complexity index is 816. The zero-order valence-corrected chi connectivity index (χ0v) is 14.3. The van der Waals surface area contributed by atoms with Crippen LogP contribution in [0.15, 0.2) is 84.9 Å². The molecule has 3 rings (SSSR count). The Balaban J connectivity index is 1.82. The molecule has 0 aliphatic heterocycles. The van der Waals surface area contributed by atoms with E-state index in [4.69, 9.17) is 4.74 Å². The fourth-order valence-corrected chi connectivity index (χ4v) is 2.68. The molecule has 0 saturated carbocycles. The van der Waals surface area contributed by atoms with Gasteiger partial charge in [-0.3, -0.25) is 4.79 Å². The zero-order valence-electron chi connectivity index (χ0n) is 14.3. The number of nitrogens with zero attached hydrogens (tertiary/aromatic N) is 1. The minimum Gasteiger partial charge on any atom is -0.455 e. The van der Waals surface area contributed by atoms with Gasteiger partial charge in [0, 0.05) is 12.1 Å². The Morgan fingerprint density at radius 3 is 2.12 bits per heavy atom. The van der Waals surface area contributed by atoms with Crippen molar-refractivity contribution in [2.75, 3.05) is 18.0 Å². The van der Waals surface area contributed by atoms with Crippen LogP contribution >= 0.6 is 0 Å². The van der Waals surface area contributed by atoms with Crippen LogP contribution in [-0.4, -0.2) is 18.9 Å². The molecular formula is C22H21NO2. The Hall–Kier alpha value is -3.07. The van der Waals surface area contributed by atoms with Crippen LogP contribution in [0, 0.1) is 0 Å². The molecular weight excluding hydrogens is 310 g/mol. The van der Waals surface area contributed by atoms with Gasteiger partial charge in [-0.25, -0.2) is 0 Å². The van der Waals surface area contributed by atoms with E-state index in [1.807, 2.05) is 96.8 Å². The van der Waals surface area contributed by atoms with Crippen molar-refractivity contribution in [3.63, 3.8) is 0 Å². The van der Waals surface area contributed by atoms with E-state index in [-0.39, 0.29) is 5.78 Å². The van der Waals surface area contributed by atoms with Crippen LogP contribution in [0.1, 0.15) is 17.3 Å². The Morgan fingerprint density at radius 1 is 0.840 bits per heavy atom. The lowest BCUT2D eigenvalue weighted by Crippen LogP contribution is -2.29. The fraction of sp³-hybridized carbons (Fsp3) is 0.136. The van der Waals surface area contributed by atoms with Crippen LogP contribution in [-0.2, 0) is 0 Å². The summed E-state index contributed by atoms with van der Waals surface area (Å²) >= 11 is 0. The molecule has 0 N–H and O–H groups in total. The Morgan fingerprint density at radius 2 is 1.44 bits per heavy atom. The number of Topliss-reactive ketones (excluding diaryl/α,β-unsaturated/α-hetero) is 1. The quantitative estimate of drug-likeness (QED) is 0.558. The second-order valence-corrected chi connectivity index (χ2v) is 5.69. The Kier molecular flexibility index (Phi) is 5.47. The average Bonchev–Trinajstić information content (AvgIpc) is 2.68. The van der Waals surface area contributed by atoms with Crippen molar-refractivity contribution in [2.45, 2.75) is 6.92 Å². The van der Waals surface area contributed by atoms with Crippen LogP contribution in [0.3, 0.4) is 0 Å². The van der Waals surface area contributed by atoms with Crippen LogP contribution in [0.4, 0.5) is 5.69 Å². The lowest BCUT2D eigenvalue weighted by molar-refractivity contribution is 0.0999. The van der Waals surface area contributed by atoms with Gasteiger partial charge < -0.3 is 9.64 Å². The van der Waals surface area contributed by atoms with Crippen molar-refractivity contribution in [1.29, 1.82) is 0 Å². The summed E-state index contributed by atoms with van der Waals surface area (Å²) < 4.78 is 6.03. The second-order valence-electron chi connectivity index (χ2n) is 5.69. The van der Waals surface area contributed by atoms with Gasteiger partial charge in [0.25, 0.3) is 0 Å². The molecule has 0 radical (unpaired) electrons. The first-order chi connectivity index (χ1) is 12.3. The van der Waals surface area contributed by atoms with Gasteiger partial charge in [0.2, 0.25) is 0 Å². The molecule has 3 aromatic rings. The molecule has 0 saturated heterocycles. The summed E-state index contributed by atoms with van der Waals surface area (Å²) in [4.78, 5) is 14.6. The van der Waals surface area contributed by atoms with E-state index in [2.05, 4.69) is 0 Å². The van der Waals surface area contributed by atoms with Crippen LogP contribution in [0.25, 0.3) is 0 Å². The maximum Gasteiger partial charge on any atom is 0.182 e. The summed E-state index contributed by atoms with van der Waals surface area (Å²) in [5, 5.41) is 0. The van der Waals surface area contributed by atoms with Gasteiger partial charge in [0.05, 0.1) is 12.2 Å². The fourth-order valence-electron chi connectivity index (χ4n) is 2.68. The lowest BCUT2D eigenvalue weighted by Gasteiger charge is -2.24. The van der Waals surface area contributed by atoms with Crippen molar-refractivity contribution in [3.8, 4) is 11.5 Å². The number of benzene rings is 3. The van der Waals surface area contributed by atoms with E-state index in [0.29, 0.717) is 13.1 Å². The molecule has 0 spiro atoms.